The molecule has 2 heterocycles. The quantitative estimate of drug-likeness (QED) is 0.790. The molecular weight excluding hydrogens is 370 g/mol. The molecule has 0 bridgehead atoms. The lowest BCUT2D eigenvalue weighted by atomic mass is 9.93. The summed E-state index contributed by atoms with van der Waals surface area (Å²) in [5.74, 6) is 0.719. The van der Waals surface area contributed by atoms with Crippen LogP contribution in [0.5, 0.6) is 0 Å². The van der Waals surface area contributed by atoms with Crippen LogP contribution in [0.1, 0.15) is 70.8 Å². The second kappa shape index (κ2) is 9.37. The lowest BCUT2D eigenvalue weighted by Crippen LogP contribution is -2.49. The average molecular weight is 398 g/mol. The molecule has 150 valence electrons. The number of nitrogens with one attached hydrogen (secondary N) is 1. The molecule has 8 heteroatoms. The maximum atomic E-state index is 13.1. The van der Waals surface area contributed by atoms with E-state index in [0.717, 1.165) is 25.7 Å². The summed E-state index contributed by atoms with van der Waals surface area (Å²) < 4.78 is 5.82. The Kier molecular flexibility index (Phi) is 7.44. The Labute approximate surface area is 165 Å². The zero-order chi connectivity index (χ0) is 18.7. The summed E-state index contributed by atoms with van der Waals surface area (Å²) in [7, 11) is 0. The van der Waals surface area contributed by atoms with Crippen LogP contribution in [0, 0.1) is 6.92 Å². The van der Waals surface area contributed by atoms with E-state index in [4.69, 9.17) is 10.2 Å². The molecule has 0 radical (unpaired) electrons. The highest BCUT2D eigenvalue weighted by Crippen LogP contribution is 2.31. The first-order chi connectivity index (χ1) is 12.5. The molecule has 1 aromatic heterocycles. The number of aryl methyl sites for hydroxylation is 1. The van der Waals surface area contributed by atoms with E-state index in [2.05, 4.69) is 5.32 Å². The number of hydrogen-bond donors (Lipinski definition) is 2. The van der Waals surface area contributed by atoms with Gasteiger partial charge in [-0.2, -0.15) is 0 Å². The normalized spacial score (nSPS) is 19.3. The SMILES string of the molecule is Cc1c(C(=O)N2CCCCC2CNC(=O)CCN)oc2c1C(=O)CCC2.Cl. The van der Waals surface area contributed by atoms with Crippen LogP contribution in [0.2, 0.25) is 0 Å². The van der Waals surface area contributed by atoms with E-state index in [0.29, 0.717) is 49.4 Å². The van der Waals surface area contributed by atoms with Gasteiger partial charge in [0.2, 0.25) is 5.91 Å². The molecule has 1 fully saturated rings. The minimum atomic E-state index is -0.178. The number of likely N-dealkylation sites (tertiary alicyclic amines) is 1. The van der Waals surface area contributed by atoms with Crippen molar-refractivity contribution >= 4 is 30.0 Å². The smallest absolute Gasteiger partial charge is 0.290 e. The molecule has 2 amide bonds. The standard InChI is InChI=1S/C19H27N3O4.ClH/c1-12-17-14(23)6-4-7-15(17)26-18(12)19(25)22-10-3-2-5-13(22)11-21-16(24)8-9-20;/h13H,2-11,20H2,1H3,(H,21,24);1H. The zero-order valence-corrected chi connectivity index (χ0v) is 16.5. The van der Waals surface area contributed by atoms with Crippen molar-refractivity contribution in [2.45, 2.75) is 57.9 Å². The third kappa shape index (κ3) is 4.52. The van der Waals surface area contributed by atoms with Gasteiger partial charge in [0.05, 0.1) is 5.56 Å². The largest absolute Gasteiger partial charge is 0.455 e. The van der Waals surface area contributed by atoms with Gasteiger partial charge in [0.1, 0.15) is 5.76 Å². The van der Waals surface area contributed by atoms with Gasteiger partial charge in [-0.15, -0.1) is 12.4 Å². The lowest BCUT2D eigenvalue weighted by molar-refractivity contribution is -0.121. The highest BCUT2D eigenvalue weighted by Gasteiger charge is 2.34. The van der Waals surface area contributed by atoms with E-state index in [1.807, 2.05) is 0 Å². The van der Waals surface area contributed by atoms with Crippen LogP contribution in [0.4, 0.5) is 0 Å². The van der Waals surface area contributed by atoms with Crippen molar-refractivity contribution in [1.82, 2.24) is 10.2 Å². The monoisotopic (exact) mass is 397 g/mol. The summed E-state index contributed by atoms with van der Waals surface area (Å²) in [6, 6.07) is -0.0600. The molecule has 3 rings (SSSR count). The third-order valence-corrected chi connectivity index (χ3v) is 5.29. The van der Waals surface area contributed by atoms with Crippen LogP contribution in [-0.2, 0) is 11.2 Å². The Hall–Kier alpha value is -1.86. The number of carbonyl (C=O) groups is 3. The first kappa shape index (κ1) is 21.4. The molecule has 1 aromatic rings. The van der Waals surface area contributed by atoms with Gasteiger partial charge in [-0.1, -0.05) is 0 Å². The average Bonchev–Trinajstić information content (AvgIpc) is 2.98. The van der Waals surface area contributed by atoms with Gasteiger partial charge in [0.15, 0.2) is 11.5 Å². The number of ketones is 1. The molecule has 0 saturated carbocycles. The van der Waals surface area contributed by atoms with Crippen molar-refractivity contribution < 1.29 is 18.8 Å². The second-order valence-corrected chi connectivity index (χ2v) is 7.12. The molecule has 0 aromatic carbocycles. The van der Waals surface area contributed by atoms with Gasteiger partial charge in [0.25, 0.3) is 5.91 Å². The molecule has 1 aliphatic heterocycles. The fraction of sp³-hybridized carbons (Fsp3) is 0.632. The highest BCUT2D eigenvalue weighted by molar-refractivity contribution is 6.03. The number of carbonyl (C=O) groups excluding carboxylic acids is 3. The Bertz CT molecular complexity index is 716. The molecule has 7 nitrogen and oxygen atoms in total. The van der Waals surface area contributed by atoms with Crippen molar-refractivity contribution in [2.24, 2.45) is 5.73 Å². The van der Waals surface area contributed by atoms with Crippen LogP contribution in [0.25, 0.3) is 0 Å². The Morgan fingerprint density at radius 2 is 2.04 bits per heavy atom. The van der Waals surface area contributed by atoms with Crippen molar-refractivity contribution in [3.63, 3.8) is 0 Å². The number of fused-ring (bicyclic) bond motifs is 1. The fourth-order valence-corrected chi connectivity index (χ4v) is 3.91. The van der Waals surface area contributed by atoms with Crippen LogP contribution >= 0.6 is 12.4 Å². The molecule has 2 aliphatic rings. The number of hydrogen-bond acceptors (Lipinski definition) is 5. The van der Waals surface area contributed by atoms with Gasteiger partial charge in [0, 0.05) is 50.5 Å². The highest BCUT2D eigenvalue weighted by atomic mass is 35.5. The fourth-order valence-electron chi connectivity index (χ4n) is 3.91. The predicted octanol–water partition coefficient (Wildman–Crippen LogP) is 1.99. The van der Waals surface area contributed by atoms with Crippen molar-refractivity contribution in [3.05, 3.63) is 22.6 Å². The number of piperidine rings is 1. The second-order valence-electron chi connectivity index (χ2n) is 7.12. The Balaban J connectivity index is 0.00000261. The van der Waals surface area contributed by atoms with Gasteiger partial charge in [-0.25, -0.2) is 0 Å². The molecule has 1 saturated heterocycles. The molecule has 1 unspecified atom stereocenters. The summed E-state index contributed by atoms with van der Waals surface area (Å²) in [6.45, 7) is 3.16. The number of nitrogens with zero attached hydrogens (tertiary/aromatic N) is 1. The number of furan rings is 1. The van der Waals surface area contributed by atoms with E-state index >= 15 is 0 Å². The lowest BCUT2D eigenvalue weighted by Gasteiger charge is -2.35. The molecule has 3 N–H and O–H groups in total. The number of Topliss-reactive ketones (excluding diaryl/α,β-unsaturated/α-hetero) is 1. The van der Waals surface area contributed by atoms with Crippen LogP contribution < -0.4 is 11.1 Å². The number of nitrogens with two attached hydrogens (primary N) is 1. The van der Waals surface area contributed by atoms with Crippen LogP contribution in [0.15, 0.2) is 4.42 Å². The third-order valence-electron chi connectivity index (χ3n) is 5.29. The van der Waals surface area contributed by atoms with Crippen molar-refractivity contribution in [3.8, 4) is 0 Å². The first-order valence-corrected chi connectivity index (χ1v) is 9.46. The number of amides is 2. The zero-order valence-electron chi connectivity index (χ0n) is 15.7. The van der Waals surface area contributed by atoms with Gasteiger partial charge < -0.3 is 20.4 Å². The Morgan fingerprint density at radius 1 is 1.26 bits per heavy atom. The number of halogens is 1. The van der Waals surface area contributed by atoms with E-state index in [1.165, 1.54) is 0 Å². The van der Waals surface area contributed by atoms with E-state index in [9.17, 15) is 14.4 Å². The summed E-state index contributed by atoms with van der Waals surface area (Å²) in [4.78, 5) is 38.8. The van der Waals surface area contributed by atoms with Gasteiger partial charge in [-0.05, 0) is 32.6 Å². The molecule has 27 heavy (non-hydrogen) atoms. The minimum Gasteiger partial charge on any atom is -0.455 e. The maximum Gasteiger partial charge on any atom is 0.290 e. The van der Waals surface area contributed by atoms with Crippen molar-refractivity contribution in [1.29, 1.82) is 0 Å². The molecule has 1 aliphatic carbocycles. The van der Waals surface area contributed by atoms with Gasteiger partial charge >= 0.3 is 0 Å². The number of rotatable bonds is 5. The van der Waals surface area contributed by atoms with E-state index in [-0.39, 0.29) is 48.2 Å². The van der Waals surface area contributed by atoms with Crippen molar-refractivity contribution in [2.75, 3.05) is 19.6 Å². The molecule has 1 atom stereocenters. The minimum absolute atomic E-state index is 0. The summed E-state index contributed by atoms with van der Waals surface area (Å²) >= 11 is 0. The summed E-state index contributed by atoms with van der Waals surface area (Å²) in [6.07, 6.45) is 5.06. The van der Waals surface area contributed by atoms with Crippen LogP contribution in [0.3, 0.4) is 0 Å². The summed E-state index contributed by atoms with van der Waals surface area (Å²) in [5, 5.41) is 2.86. The molecule has 0 spiro atoms. The maximum absolute atomic E-state index is 13.1. The first-order valence-electron chi connectivity index (χ1n) is 9.46. The van der Waals surface area contributed by atoms with E-state index in [1.54, 1.807) is 11.8 Å². The topological polar surface area (TPSA) is 106 Å². The molecular formula is C19H28ClN3O4. The van der Waals surface area contributed by atoms with E-state index < -0.39 is 0 Å². The predicted molar refractivity (Wildman–Crippen MR) is 103 cm³/mol. The Morgan fingerprint density at radius 3 is 2.74 bits per heavy atom. The van der Waals surface area contributed by atoms with Crippen LogP contribution in [-0.4, -0.2) is 48.2 Å². The summed E-state index contributed by atoms with van der Waals surface area (Å²) in [5.41, 5.74) is 6.66. The van der Waals surface area contributed by atoms with Gasteiger partial charge in [-0.3, -0.25) is 14.4 Å².